The highest BCUT2D eigenvalue weighted by molar-refractivity contribution is 7.69. The average molecular weight is 405 g/mol. The van der Waals surface area contributed by atoms with Gasteiger partial charge in [0.05, 0.1) is 8.07 Å². The molecule has 1 atom stereocenters. The van der Waals surface area contributed by atoms with Crippen molar-refractivity contribution < 1.29 is 0 Å². The van der Waals surface area contributed by atoms with Crippen LogP contribution in [-0.2, 0) is 4.78 Å². The predicted octanol–water partition coefficient (Wildman–Crippen LogP) is 7.17. The van der Waals surface area contributed by atoms with Crippen molar-refractivity contribution in [2.45, 2.75) is 45.2 Å². The van der Waals surface area contributed by atoms with E-state index in [-0.39, 0.29) is 4.78 Å². The molecule has 0 aliphatic carbocycles. The molecule has 2 heteroatoms. The minimum Gasteiger partial charge on any atom is -0.0682 e. The van der Waals surface area contributed by atoms with E-state index in [1.165, 1.54) is 27.8 Å². The highest BCUT2D eigenvalue weighted by Gasteiger charge is 2.50. The highest BCUT2D eigenvalue weighted by Crippen LogP contribution is 2.62. The summed E-state index contributed by atoms with van der Waals surface area (Å²) >= 11 is 0. The molecule has 1 unspecified atom stereocenters. The van der Waals surface area contributed by atoms with Gasteiger partial charge in [0.25, 0.3) is 0 Å². The van der Waals surface area contributed by atoms with Gasteiger partial charge < -0.3 is 0 Å². The van der Waals surface area contributed by atoms with Gasteiger partial charge in [-0.25, -0.2) is 0 Å². The molecule has 0 saturated carbocycles. The second-order valence-electron chi connectivity index (χ2n) is 9.00. The Morgan fingerprint density at radius 3 is 1.43 bits per heavy atom. The molecule has 0 heterocycles. The van der Waals surface area contributed by atoms with Crippen molar-refractivity contribution in [3.05, 3.63) is 101 Å². The van der Waals surface area contributed by atoms with Crippen LogP contribution < -0.4 is 5.30 Å². The Bertz CT molecular complexity index is 877. The smallest absolute Gasteiger partial charge is 0.0670 e. The summed E-state index contributed by atoms with van der Waals surface area (Å²) < 4.78 is 0.0651. The Labute approximate surface area is 173 Å². The number of benzene rings is 3. The van der Waals surface area contributed by atoms with Gasteiger partial charge in [0, 0.05) is 4.78 Å². The lowest BCUT2D eigenvalue weighted by Crippen LogP contribution is -2.50. The van der Waals surface area contributed by atoms with Crippen LogP contribution in [0.2, 0.25) is 19.6 Å². The number of aryl methyl sites for hydroxylation is 3. The zero-order valence-corrected chi connectivity index (χ0v) is 20.3. The molecule has 0 aliphatic heterocycles. The van der Waals surface area contributed by atoms with Gasteiger partial charge in [-0.2, -0.15) is 0 Å². The Kier molecular flexibility index (Phi) is 5.99. The molecule has 0 N–H and O–H groups in total. The standard InChI is InChI=1S/C26H33PSi/c1-20-18-21(2)25(22(3)19-20)27(4)26(28(5,6)7,23-14-10-8-11-15-23)24-16-12-9-13-17-24/h8-19H,1-7H3. The van der Waals surface area contributed by atoms with Crippen molar-refractivity contribution in [1.82, 2.24) is 0 Å². The first-order valence-corrected chi connectivity index (χ1v) is 15.4. The van der Waals surface area contributed by atoms with Crippen LogP contribution in [0.4, 0.5) is 0 Å². The van der Waals surface area contributed by atoms with Crippen LogP contribution >= 0.6 is 7.92 Å². The van der Waals surface area contributed by atoms with Crippen LogP contribution in [-0.4, -0.2) is 14.7 Å². The summed E-state index contributed by atoms with van der Waals surface area (Å²) in [5.74, 6) is 0. The Morgan fingerprint density at radius 1 is 0.679 bits per heavy atom. The third-order valence-electron chi connectivity index (χ3n) is 5.94. The molecule has 146 valence electrons. The molecule has 0 saturated heterocycles. The second-order valence-corrected chi connectivity index (χ2v) is 16.9. The van der Waals surface area contributed by atoms with Crippen molar-refractivity contribution in [2.75, 3.05) is 6.66 Å². The molecule has 3 rings (SSSR count). The maximum Gasteiger partial charge on any atom is 0.0670 e. The van der Waals surface area contributed by atoms with Gasteiger partial charge >= 0.3 is 0 Å². The van der Waals surface area contributed by atoms with E-state index in [4.69, 9.17) is 0 Å². The Balaban J connectivity index is 2.40. The van der Waals surface area contributed by atoms with Gasteiger partial charge in [-0.3, -0.25) is 0 Å². The number of hydrogen-bond donors (Lipinski definition) is 0. The summed E-state index contributed by atoms with van der Waals surface area (Å²) in [5, 5.41) is 1.58. The lowest BCUT2D eigenvalue weighted by atomic mass is 10.0. The van der Waals surface area contributed by atoms with Crippen molar-refractivity contribution in [2.24, 2.45) is 0 Å². The summed E-state index contributed by atoms with van der Waals surface area (Å²) in [6.07, 6.45) is 0. The van der Waals surface area contributed by atoms with E-state index in [2.05, 4.69) is 120 Å². The number of hydrogen-bond acceptors (Lipinski definition) is 0. The summed E-state index contributed by atoms with van der Waals surface area (Å²) in [6.45, 7) is 17.0. The van der Waals surface area contributed by atoms with Crippen molar-refractivity contribution in [1.29, 1.82) is 0 Å². The molecule has 0 bridgehead atoms. The lowest BCUT2D eigenvalue weighted by Gasteiger charge is -2.50. The zero-order valence-electron chi connectivity index (χ0n) is 18.4. The van der Waals surface area contributed by atoms with Crippen LogP contribution in [0.3, 0.4) is 0 Å². The SMILES string of the molecule is Cc1cc(C)c(P(C)C(c2ccccc2)(c2ccccc2)[Si](C)(C)C)c(C)c1. The van der Waals surface area contributed by atoms with E-state index in [0.29, 0.717) is 0 Å². The summed E-state index contributed by atoms with van der Waals surface area (Å²) in [6, 6.07) is 27.3. The number of rotatable bonds is 5. The van der Waals surface area contributed by atoms with Crippen molar-refractivity contribution in [3.8, 4) is 0 Å². The molecule has 0 fully saturated rings. The first-order chi connectivity index (χ1) is 13.2. The van der Waals surface area contributed by atoms with Gasteiger partial charge in [-0.15, -0.1) is 0 Å². The summed E-state index contributed by atoms with van der Waals surface area (Å²) in [4.78, 5) is 0. The van der Waals surface area contributed by atoms with E-state index in [0.717, 1.165) is 0 Å². The van der Waals surface area contributed by atoms with Gasteiger partial charge in [-0.1, -0.05) is 106 Å². The molecule has 0 radical (unpaired) electrons. The van der Waals surface area contributed by atoms with E-state index >= 15 is 0 Å². The van der Waals surface area contributed by atoms with Crippen LogP contribution in [0.5, 0.6) is 0 Å². The van der Waals surface area contributed by atoms with Gasteiger partial charge in [0.1, 0.15) is 0 Å². The van der Waals surface area contributed by atoms with Crippen molar-refractivity contribution in [3.63, 3.8) is 0 Å². The first kappa shape index (κ1) is 21.0. The monoisotopic (exact) mass is 404 g/mol. The minimum atomic E-state index is -1.70. The second kappa shape index (κ2) is 7.97. The largest absolute Gasteiger partial charge is 0.0682 e. The molecule has 3 aromatic carbocycles. The zero-order chi connectivity index (χ0) is 20.5. The van der Waals surface area contributed by atoms with Crippen LogP contribution in [0.1, 0.15) is 27.8 Å². The average Bonchev–Trinajstić information content (AvgIpc) is 2.62. The van der Waals surface area contributed by atoms with Crippen molar-refractivity contribution >= 4 is 21.3 Å². The van der Waals surface area contributed by atoms with Gasteiger partial charge in [0.2, 0.25) is 0 Å². The quantitative estimate of drug-likeness (QED) is 0.312. The van der Waals surface area contributed by atoms with E-state index in [1.807, 2.05) is 0 Å². The topological polar surface area (TPSA) is 0 Å². The highest BCUT2D eigenvalue weighted by atomic mass is 31.1. The van der Waals surface area contributed by atoms with Crippen LogP contribution in [0.25, 0.3) is 0 Å². The molecule has 28 heavy (non-hydrogen) atoms. The molecular weight excluding hydrogens is 371 g/mol. The van der Waals surface area contributed by atoms with Crippen LogP contribution in [0.15, 0.2) is 72.8 Å². The summed E-state index contributed by atoms with van der Waals surface area (Å²) in [5.41, 5.74) is 7.21. The van der Waals surface area contributed by atoms with E-state index in [9.17, 15) is 0 Å². The minimum absolute atomic E-state index is 0.0651. The fraction of sp³-hybridized carbons (Fsp3) is 0.308. The van der Waals surface area contributed by atoms with Crippen LogP contribution in [0, 0.1) is 20.8 Å². The predicted molar refractivity (Wildman–Crippen MR) is 130 cm³/mol. The van der Waals surface area contributed by atoms with E-state index < -0.39 is 16.0 Å². The third-order valence-corrected chi connectivity index (χ3v) is 14.6. The van der Waals surface area contributed by atoms with E-state index in [1.54, 1.807) is 5.30 Å². The fourth-order valence-corrected chi connectivity index (χ4v) is 14.2. The summed E-state index contributed by atoms with van der Waals surface area (Å²) in [7, 11) is -2.15. The molecule has 0 spiro atoms. The maximum absolute atomic E-state index is 2.55. The molecule has 0 aromatic heterocycles. The maximum atomic E-state index is 2.55. The molecule has 3 aromatic rings. The fourth-order valence-electron chi connectivity index (χ4n) is 5.15. The molecular formula is C26H33PSi. The van der Waals surface area contributed by atoms with Gasteiger partial charge in [-0.05, 0) is 55.0 Å². The molecule has 0 aliphatic rings. The third kappa shape index (κ3) is 3.51. The van der Waals surface area contributed by atoms with Gasteiger partial charge in [0.15, 0.2) is 0 Å². The molecule has 0 nitrogen and oxygen atoms in total. The lowest BCUT2D eigenvalue weighted by molar-refractivity contribution is 0.976. The normalized spacial score (nSPS) is 13.4. The Hall–Kier alpha value is -1.69. The Morgan fingerprint density at radius 2 is 1.07 bits per heavy atom. The molecule has 0 amide bonds. The first-order valence-electron chi connectivity index (χ1n) is 10.1.